The molecule has 0 saturated heterocycles. The van der Waals surface area contributed by atoms with Crippen LogP contribution in [0.15, 0.2) is 18.7 Å². The van der Waals surface area contributed by atoms with Gasteiger partial charge < -0.3 is 5.11 Å². The summed E-state index contributed by atoms with van der Waals surface area (Å²) in [6, 6.07) is 0. The zero-order valence-corrected chi connectivity index (χ0v) is 10.6. The smallest absolute Gasteiger partial charge is 0.138 e. The largest absolute Gasteiger partial charge is 0.386 e. The van der Waals surface area contributed by atoms with Crippen molar-refractivity contribution in [1.82, 2.24) is 24.7 Å². The molecular weight excluding hydrogens is 230 g/mol. The molecule has 1 atom stereocenters. The molecule has 6 heteroatoms. The molecule has 2 aromatic heterocycles. The van der Waals surface area contributed by atoms with Crippen LogP contribution >= 0.6 is 0 Å². The fourth-order valence-corrected chi connectivity index (χ4v) is 1.70. The quantitative estimate of drug-likeness (QED) is 0.855. The highest BCUT2D eigenvalue weighted by Gasteiger charge is 2.14. The predicted molar refractivity (Wildman–Crippen MR) is 65.7 cm³/mol. The molecule has 0 aliphatic heterocycles. The first-order valence-corrected chi connectivity index (χ1v) is 6.04. The van der Waals surface area contributed by atoms with Gasteiger partial charge in [-0.1, -0.05) is 6.92 Å². The minimum atomic E-state index is -0.696. The molecule has 0 aromatic carbocycles. The minimum absolute atomic E-state index is 0.401. The first-order valence-electron chi connectivity index (χ1n) is 6.04. The second kappa shape index (κ2) is 5.68. The van der Waals surface area contributed by atoms with Crippen LogP contribution in [0.3, 0.4) is 0 Å². The van der Waals surface area contributed by atoms with Crippen LogP contribution in [-0.4, -0.2) is 29.8 Å². The van der Waals surface area contributed by atoms with E-state index in [2.05, 4.69) is 27.0 Å². The highest BCUT2D eigenvalue weighted by Crippen LogP contribution is 2.14. The minimum Gasteiger partial charge on any atom is -0.386 e. The molecule has 0 spiro atoms. The van der Waals surface area contributed by atoms with Crippen LogP contribution in [0.1, 0.15) is 36.7 Å². The van der Waals surface area contributed by atoms with Crippen molar-refractivity contribution in [2.75, 3.05) is 0 Å². The van der Waals surface area contributed by atoms with Gasteiger partial charge in [0, 0.05) is 19.2 Å². The van der Waals surface area contributed by atoms with Gasteiger partial charge in [-0.05, 0) is 13.3 Å². The van der Waals surface area contributed by atoms with Crippen LogP contribution in [0.5, 0.6) is 0 Å². The topological polar surface area (TPSA) is 76.7 Å². The number of nitrogens with zero attached hydrogens (tertiary/aromatic N) is 5. The average Bonchev–Trinajstić information content (AvgIpc) is 2.78. The monoisotopic (exact) mass is 247 g/mol. The van der Waals surface area contributed by atoms with Gasteiger partial charge in [0.25, 0.3) is 0 Å². The van der Waals surface area contributed by atoms with Gasteiger partial charge in [0.05, 0.1) is 17.6 Å². The van der Waals surface area contributed by atoms with Crippen molar-refractivity contribution in [1.29, 1.82) is 0 Å². The molecule has 18 heavy (non-hydrogen) atoms. The van der Waals surface area contributed by atoms with Crippen LogP contribution in [-0.2, 0) is 13.0 Å². The molecule has 0 saturated carbocycles. The maximum Gasteiger partial charge on any atom is 0.138 e. The summed E-state index contributed by atoms with van der Waals surface area (Å²) in [5.74, 6) is 0.770. The Morgan fingerprint density at radius 1 is 1.28 bits per heavy atom. The van der Waals surface area contributed by atoms with E-state index >= 15 is 0 Å². The van der Waals surface area contributed by atoms with Crippen molar-refractivity contribution < 1.29 is 5.11 Å². The molecule has 0 aliphatic rings. The van der Waals surface area contributed by atoms with Gasteiger partial charge in [0.15, 0.2) is 0 Å². The lowest BCUT2D eigenvalue weighted by Gasteiger charge is -2.10. The summed E-state index contributed by atoms with van der Waals surface area (Å²) in [7, 11) is 0. The van der Waals surface area contributed by atoms with Crippen LogP contribution in [0.25, 0.3) is 0 Å². The Hall–Kier alpha value is -1.82. The van der Waals surface area contributed by atoms with Gasteiger partial charge in [-0.15, -0.1) is 0 Å². The molecule has 0 bridgehead atoms. The second-order valence-corrected chi connectivity index (χ2v) is 4.20. The van der Waals surface area contributed by atoms with E-state index in [1.54, 1.807) is 12.4 Å². The fourth-order valence-electron chi connectivity index (χ4n) is 1.70. The summed E-state index contributed by atoms with van der Waals surface area (Å²) in [6.07, 6.45) is 5.45. The van der Waals surface area contributed by atoms with E-state index in [0.717, 1.165) is 24.5 Å². The second-order valence-electron chi connectivity index (χ2n) is 4.20. The van der Waals surface area contributed by atoms with Crippen molar-refractivity contribution in [2.45, 2.75) is 39.3 Å². The Morgan fingerprint density at radius 3 is 2.78 bits per heavy atom. The summed E-state index contributed by atoms with van der Waals surface area (Å²) >= 11 is 0. The fraction of sp³-hybridized carbons (Fsp3) is 0.500. The lowest BCUT2D eigenvalue weighted by molar-refractivity contribution is 0.168. The van der Waals surface area contributed by atoms with Crippen LogP contribution in [0.4, 0.5) is 0 Å². The summed E-state index contributed by atoms with van der Waals surface area (Å²) in [6.45, 7) is 4.75. The van der Waals surface area contributed by atoms with E-state index in [1.807, 2.05) is 11.6 Å². The molecule has 0 radical (unpaired) electrons. The molecule has 2 heterocycles. The molecule has 0 amide bonds. The van der Waals surface area contributed by atoms with E-state index in [1.165, 1.54) is 6.33 Å². The highest BCUT2D eigenvalue weighted by molar-refractivity contribution is 5.06. The predicted octanol–water partition coefficient (Wildman–Crippen LogP) is 1.06. The third-order valence-corrected chi connectivity index (χ3v) is 2.65. The first kappa shape index (κ1) is 12.6. The maximum atomic E-state index is 10.1. The zero-order valence-electron chi connectivity index (χ0n) is 10.6. The Balaban J connectivity index is 2.08. The normalized spacial score (nSPS) is 12.6. The number of rotatable bonds is 5. The zero-order chi connectivity index (χ0) is 13.0. The number of aryl methyl sites for hydroxylation is 2. The van der Waals surface area contributed by atoms with Gasteiger partial charge in [-0.3, -0.25) is 14.6 Å². The number of hydrogen-bond acceptors (Lipinski definition) is 5. The summed E-state index contributed by atoms with van der Waals surface area (Å²) in [5.41, 5.74) is 1.40. The Kier molecular flexibility index (Phi) is 3.99. The molecule has 2 aromatic rings. The average molecular weight is 247 g/mol. The van der Waals surface area contributed by atoms with Gasteiger partial charge in [-0.25, -0.2) is 4.98 Å². The molecular formula is C12H17N5O. The lowest BCUT2D eigenvalue weighted by atomic mass is 10.2. The van der Waals surface area contributed by atoms with Crippen molar-refractivity contribution in [2.24, 2.45) is 0 Å². The van der Waals surface area contributed by atoms with E-state index < -0.39 is 6.10 Å². The molecule has 0 aliphatic carbocycles. The van der Waals surface area contributed by atoms with Crippen LogP contribution in [0, 0.1) is 6.92 Å². The molecule has 1 N–H and O–H groups in total. The number of hydrogen-bond donors (Lipinski definition) is 1. The molecule has 0 fully saturated rings. The summed E-state index contributed by atoms with van der Waals surface area (Å²) in [5, 5.41) is 14.2. The third kappa shape index (κ3) is 2.89. The SMILES string of the molecule is CCCn1ncnc1CC(O)c1cnc(C)cn1. The summed E-state index contributed by atoms with van der Waals surface area (Å²) in [4.78, 5) is 12.4. The summed E-state index contributed by atoms with van der Waals surface area (Å²) < 4.78 is 1.81. The first-order chi connectivity index (χ1) is 8.70. The van der Waals surface area contributed by atoms with Crippen molar-refractivity contribution >= 4 is 0 Å². The standard InChI is InChI=1S/C12H17N5O/c1-3-4-17-12(15-8-16-17)5-11(18)10-7-13-9(2)6-14-10/h6-8,11,18H,3-5H2,1-2H3. The Bertz CT molecular complexity index is 493. The van der Waals surface area contributed by atoms with Gasteiger partial charge in [0.1, 0.15) is 18.3 Å². The Labute approximate surface area is 106 Å². The molecule has 6 nitrogen and oxygen atoms in total. The van der Waals surface area contributed by atoms with E-state index in [-0.39, 0.29) is 0 Å². The van der Waals surface area contributed by atoms with Gasteiger partial charge in [-0.2, -0.15) is 5.10 Å². The van der Waals surface area contributed by atoms with Crippen LogP contribution < -0.4 is 0 Å². The highest BCUT2D eigenvalue weighted by atomic mass is 16.3. The number of aromatic nitrogens is 5. The van der Waals surface area contributed by atoms with Crippen molar-refractivity contribution in [3.05, 3.63) is 35.9 Å². The van der Waals surface area contributed by atoms with Gasteiger partial charge in [0.2, 0.25) is 0 Å². The van der Waals surface area contributed by atoms with Crippen molar-refractivity contribution in [3.8, 4) is 0 Å². The van der Waals surface area contributed by atoms with Crippen molar-refractivity contribution in [3.63, 3.8) is 0 Å². The van der Waals surface area contributed by atoms with E-state index in [9.17, 15) is 5.11 Å². The molecule has 96 valence electrons. The van der Waals surface area contributed by atoms with E-state index in [0.29, 0.717) is 12.1 Å². The Morgan fingerprint density at radius 2 is 2.11 bits per heavy atom. The lowest BCUT2D eigenvalue weighted by Crippen LogP contribution is -2.11. The van der Waals surface area contributed by atoms with E-state index in [4.69, 9.17) is 0 Å². The molecule has 1 unspecified atom stereocenters. The van der Waals surface area contributed by atoms with Gasteiger partial charge >= 0.3 is 0 Å². The third-order valence-electron chi connectivity index (χ3n) is 2.65. The van der Waals surface area contributed by atoms with Crippen LogP contribution in [0.2, 0.25) is 0 Å². The maximum absolute atomic E-state index is 10.1. The number of aliphatic hydroxyl groups is 1. The molecule has 2 rings (SSSR count). The number of aliphatic hydroxyl groups excluding tert-OH is 1.